The number of aromatic nitrogens is 3. The molecule has 2 N–H and O–H groups in total. The molecule has 2 rings (SSSR count). The monoisotopic (exact) mass is 280 g/mol. The highest BCUT2D eigenvalue weighted by Crippen LogP contribution is 2.19. The Balaban J connectivity index is 1.82. The summed E-state index contributed by atoms with van der Waals surface area (Å²) in [7, 11) is 0. The summed E-state index contributed by atoms with van der Waals surface area (Å²) in [6, 6.07) is 2.04. The number of hydrogen-bond acceptors (Lipinski definition) is 5. The predicted octanol–water partition coefficient (Wildman–Crippen LogP) is 2.16. The molecule has 2 aromatic heterocycles. The Kier molecular flexibility index (Phi) is 4.16. The maximum absolute atomic E-state index is 10.9. The van der Waals surface area contributed by atoms with Gasteiger partial charge in [-0.15, -0.1) is 11.3 Å². The first kappa shape index (κ1) is 13.5. The standard InChI is InChI=1S/C12H16N4O2S/c1-8-6-9(2)16(15-8)5-3-4-13-11-10(12(17)18)14-7-19-11/h6-7,13H,3-5H2,1-2H3,(H,17,18). The van der Waals surface area contributed by atoms with Crippen molar-refractivity contribution in [3.8, 4) is 0 Å². The first-order chi connectivity index (χ1) is 9.08. The van der Waals surface area contributed by atoms with Gasteiger partial charge in [0, 0.05) is 18.8 Å². The average Bonchev–Trinajstić information content (AvgIpc) is 2.91. The molecule has 6 nitrogen and oxygen atoms in total. The van der Waals surface area contributed by atoms with E-state index in [1.807, 2.05) is 24.6 Å². The fourth-order valence-corrected chi connectivity index (χ4v) is 2.56. The summed E-state index contributed by atoms with van der Waals surface area (Å²) in [6.07, 6.45) is 0.874. The third kappa shape index (κ3) is 3.31. The minimum absolute atomic E-state index is 0.0936. The van der Waals surface area contributed by atoms with Crippen LogP contribution >= 0.6 is 11.3 Å². The Morgan fingerprint density at radius 2 is 2.32 bits per heavy atom. The van der Waals surface area contributed by atoms with E-state index in [-0.39, 0.29) is 5.69 Å². The summed E-state index contributed by atoms with van der Waals surface area (Å²) >= 11 is 1.31. The second kappa shape index (κ2) is 5.83. The van der Waals surface area contributed by atoms with Crippen molar-refractivity contribution in [2.45, 2.75) is 26.8 Å². The lowest BCUT2D eigenvalue weighted by atomic mass is 10.3. The number of anilines is 1. The molecule has 0 aliphatic carbocycles. The van der Waals surface area contributed by atoms with Gasteiger partial charge in [0.25, 0.3) is 0 Å². The highest BCUT2D eigenvalue weighted by Gasteiger charge is 2.12. The summed E-state index contributed by atoms with van der Waals surface area (Å²) < 4.78 is 1.96. The summed E-state index contributed by atoms with van der Waals surface area (Å²) in [5.41, 5.74) is 3.78. The summed E-state index contributed by atoms with van der Waals surface area (Å²) in [5.74, 6) is -0.998. The smallest absolute Gasteiger partial charge is 0.357 e. The first-order valence-electron chi connectivity index (χ1n) is 5.99. The van der Waals surface area contributed by atoms with Crippen molar-refractivity contribution in [3.05, 3.63) is 28.7 Å². The van der Waals surface area contributed by atoms with Crippen molar-refractivity contribution in [2.24, 2.45) is 0 Å². The lowest BCUT2D eigenvalue weighted by Crippen LogP contribution is -2.10. The fourth-order valence-electron chi connectivity index (χ4n) is 1.86. The fraction of sp³-hybridized carbons (Fsp3) is 0.417. The SMILES string of the molecule is Cc1cc(C)n(CCCNc2scnc2C(=O)O)n1. The second-order valence-corrected chi connectivity index (χ2v) is 5.12. The summed E-state index contributed by atoms with van der Waals surface area (Å²) in [4.78, 5) is 14.7. The Morgan fingerprint density at radius 3 is 2.95 bits per heavy atom. The quantitative estimate of drug-likeness (QED) is 0.793. The number of nitrogens with zero attached hydrogens (tertiary/aromatic N) is 3. The highest BCUT2D eigenvalue weighted by atomic mass is 32.1. The maximum Gasteiger partial charge on any atom is 0.357 e. The molecule has 0 saturated heterocycles. The van der Waals surface area contributed by atoms with Crippen molar-refractivity contribution >= 4 is 22.3 Å². The van der Waals surface area contributed by atoms with Crippen molar-refractivity contribution in [1.82, 2.24) is 14.8 Å². The lowest BCUT2D eigenvalue weighted by molar-refractivity contribution is 0.0692. The van der Waals surface area contributed by atoms with Gasteiger partial charge in [0.15, 0.2) is 5.69 Å². The van der Waals surface area contributed by atoms with Gasteiger partial charge in [-0.05, 0) is 26.3 Å². The zero-order valence-electron chi connectivity index (χ0n) is 10.9. The predicted molar refractivity (Wildman–Crippen MR) is 73.9 cm³/mol. The van der Waals surface area contributed by atoms with E-state index in [4.69, 9.17) is 5.11 Å². The topological polar surface area (TPSA) is 80.0 Å². The summed E-state index contributed by atoms with van der Waals surface area (Å²) in [5, 5.41) is 17.0. The molecule has 0 aromatic carbocycles. The molecule has 0 aliphatic heterocycles. The Bertz CT molecular complexity index is 576. The van der Waals surface area contributed by atoms with Gasteiger partial charge in [0.2, 0.25) is 0 Å². The van der Waals surface area contributed by atoms with Crippen molar-refractivity contribution < 1.29 is 9.90 Å². The van der Waals surface area contributed by atoms with Crippen LogP contribution in [-0.2, 0) is 6.54 Å². The van der Waals surface area contributed by atoms with Crippen molar-refractivity contribution in [1.29, 1.82) is 0 Å². The molecule has 7 heteroatoms. The van der Waals surface area contributed by atoms with E-state index in [0.29, 0.717) is 11.5 Å². The number of hydrogen-bond donors (Lipinski definition) is 2. The Labute approximate surface area is 115 Å². The van der Waals surface area contributed by atoms with Crippen LogP contribution in [0, 0.1) is 13.8 Å². The van der Waals surface area contributed by atoms with Crippen molar-refractivity contribution in [2.75, 3.05) is 11.9 Å². The number of carbonyl (C=O) groups is 1. The molecule has 0 saturated carbocycles. The molecule has 0 radical (unpaired) electrons. The van der Waals surface area contributed by atoms with Gasteiger partial charge in [-0.3, -0.25) is 4.68 Å². The number of nitrogens with one attached hydrogen (secondary N) is 1. The van der Waals surface area contributed by atoms with Crippen molar-refractivity contribution in [3.63, 3.8) is 0 Å². The minimum Gasteiger partial charge on any atom is -0.476 e. The van der Waals surface area contributed by atoms with Gasteiger partial charge in [-0.1, -0.05) is 0 Å². The Hall–Kier alpha value is -1.89. The van der Waals surface area contributed by atoms with E-state index in [9.17, 15) is 4.79 Å². The van der Waals surface area contributed by atoms with E-state index in [0.717, 1.165) is 24.4 Å². The van der Waals surface area contributed by atoms with Gasteiger partial charge in [-0.25, -0.2) is 9.78 Å². The minimum atomic E-state index is -0.998. The number of carboxylic acid groups (broad SMARTS) is 1. The zero-order valence-corrected chi connectivity index (χ0v) is 11.7. The Morgan fingerprint density at radius 1 is 1.53 bits per heavy atom. The normalized spacial score (nSPS) is 10.6. The third-order valence-electron chi connectivity index (χ3n) is 2.71. The third-order valence-corrected chi connectivity index (χ3v) is 3.49. The average molecular weight is 280 g/mol. The number of aromatic carboxylic acids is 1. The molecule has 0 fully saturated rings. The lowest BCUT2D eigenvalue weighted by Gasteiger charge is -2.06. The second-order valence-electron chi connectivity index (χ2n) is 4.27. The molecule has 19 heavy (non-hydrogen) atoms. The number of thiazole rings is 1. The van der Waals surface area contributed by atoms with Crippen LogP contribution in [0.2, 0.25) is 0 Å². The molecule has 0 spiro atoms. The molecular weight excluding hydrogens is 264 g/mol. The number of aryl methyl sites for hydroxylation is 3. The van der Waals surface area contributed by atoms with Crippen LogP contribution in [0.5, 0.6) is 0 Å². The van der Waals surface area contributed by atoms with Gasteiger partial charge < -0.3 is 10.4 Å². The molecule has 0 aliphatic rings. The molecule has 0 bridgehead atoms. The van der Waals surface area contributed by atoms with Gasteiger partial charge in [-0.2, -0.15) is 5.10 Å². The van der Waals surface area contributed by atoms with Crippen LogP contribution in [0.1, 0.15) is 28.3 Å². The molecular formula is C12H16N4O2S. The summed E-state index contributed by atoms with van der Waals surface area (Å²) in [6.45, 7) is 5.51. The first-order valence-corrected chi connectivity index (χ1v) is 6.87. The van der Waals surface area contributed by atoms with Crippen LogP contribution < -0.4 is 5.32 Å². The highest BCUT2D eigenvalue weighted by molar-refractivity contribution is 7.14. The van der Waals surface area contributed by atoms with E-state index in [2.05, 4.69) is 15.4 Å². The van der Waals surface area contributed by atoms with E-state index in [1.165, 1.54) is 16.8 Å². The molecule has 2 aromatic rings. The zero-order chi connectivity index (χ0) is 13.8. The van der Waals surface area contributed by atoms with Crippen LogP contribution in [0.4, 0.5) is 5.00 Å². The molecule has 0 atom stereocenters. The van der Waals surface area contributed by atoms with Gasteiger partial charge in [0.1, 0.15) is 5.00 Å². The van der Waals surface area contributed by atoms with Gasteiger partial charge in [0.05, 0.1) is 11.2 Å². The largest absolute Gasteiger partial charge is 0.476 e. The number of rotatable bonds is 6. The van der Waals surface area contributed by atoms with E-state index >= 15 is 0 Å². The van der Waals surface area contributed by atoms with Crippen LogP contribution in [0.15, 0.2) is 11.6 Å². The maximum atomic E-state index is 10.9. The number of carboxylic acids is 1. The molecule has 2 heterocycles. The van der Waals surface area contributed by atoms with E-state index < -0.39 is 5.97 Å². The van der Waals surface area contributed by atoms with Crippen LogP contribution in [0.25, 0.3) is 0 Å². The van der Waals surface area contributed by atoms with Gasteiger partial charge >= 0.3 is 5.97 Å². The molecule has 0 unspecified atom stereocenters. The molecule has 0 amide bonds. The van der Waals surface area contributed by atoms with Crippen LogP contribution in [0.3, 0.4) is 0 Å². The molecule has 102 valence electrons. The van der Waals surface area contributed by atoms with E-state index in [1.54, 1.807) is 0 Å². The van der Waals surface area contributed by atoms with Crippen LogP contribution in [-0.4, -0.2) is 32.4 Å².